The Kier molecular flexibility index (Phi) is 2.77. The van der Waals surface area contributed by atoms with Crippen molar-refractivity contribution in [1.29, 1.82) is 0 Å². The normalized spacial score (nSPS) is 25.1. The van der Waals surface area contributed by atoms with Gasteiger partial charge in [-0.1, -0.05) is 11.8 Å². The van der Waals surface area contributed by atoms with Crippen molar-refractivity contribution in [2.24, 2.45) is 0 Å². The van der Waals surface area contributed by atoms with Gasteiger partial charge in [0.05, 0.1) is 6.10 Å². The largest absolute Gasteiger partial charge is 0.377 e. The van der Waals surface area contributed by atoms with Gasteiger partial charge in [-0.2, -0.15) is 0 Å². The van der Waals surface area contributed by atoms with E-state index in [2.05, 4.69) is 10.2 Å². The molecule has 88 valence electrons. The molecule has 1 aliphatic carbocycles. The number of hydrogen-bond donors (Lipinski definition) is 1. The first-order valence-electron chi connectivity index (χ1n) is 5.76. The molecular weight excluding hydrogens is 226 g/mol. The molecular formula is C10H15N3O2S. The van der Waals surface area contributed by atoms with Gasteiger partial charge < -0.3 is 4.74 Å². The number of aromatic nitrogens is 3. The second kappa shape index (κ2) is 4.25. The van der Waals surface area contributed by atoms with E-state index in [0.29, 0.717) is 12.1 Å². The smallest absolute Gasteiger partial charge is 0.344 e. The summed E-state index contributed by atoms with van der Waals surface area (Å²) in [6.45, 7) is 0.876. The number of H-pyrrole nitrogens is 1. The Morgan fingerprint density at radius 2 is 2.38 bits per heavy atom. The Labute approximate surface area is 97.6 Å². The van der Waals surface area contributed by atoms with Gasteiger partial charge in [0.15, 0.2) is 5.16 Å². The molecule has 1 aromatic heterocycles. The summed E-state index contributed by atoms with van der Waals surface area (Å²) in [5.41, 5.74) is -0.0719. The van der Waals surface area contributed by atoms with Crippen LogP contribution in [0.2, 0.25) is 0 Å². The highest BCUT2D eigenvalue weighted by Crippen LogP contribution is 2.36. The lowest BCUT2D eigenvalue weighted by Gasteiger charge is -2.08. The average molecular weight is 241 g/mol. The van der Waals surface area contributed by atoms with E-state index in [9.17, 15) is 4.79 Å². The summed E-state index contributed by atoms with van der Waals surface area (Å²) in [7, 11) is 0. The number of nitrogens with zero attached hydrogens (tertiary/aromatic N) is 2. The third-order valence-corrected chi connectivity index (χ3v) is 4.09. The van der Waals surface area contributed by atoms with E-state index in [1.807, 2.05) is 0 Å². The molecule has 1 aliphatic heterocycles. The molecule has 1 saturated carbocycles. The molecule has 16 heavy (non-hydrogen) atoms. The van der Waals surface area contributed by atoms with Gasteiger partial charge in [0, 0.05) is 18.4 Å². The molecule has 1 N–H and O–H groups in total. The van der Waals surface area contributed by atoms with Crippen molar-refractivity contribution in [2.45, 2.75) is 43.0 Å². The maximum Gasteiger partial charge on any atom is 0.344 e. The second-order valence-corrected chi connectivity index (χ2v) is 5.35. The van der Waals surface area contributed by atoms with E-state index < -0.39 is 0 Å². The van der Waals surface area contributed by atoms with Gasteiger partial charge in [-0.3, -0.25) is 4.57 Å². The highest BCUT2D eigenvalue weighted by atomic mass is 32.2. The zero-order chi connectivity index (χ0) is 11.0. The maximum absolute atomic E-state index is 11.5. The summed E-state index contributed by atoms with van der Waals surface area (Å²) < 4.78 is 7.34. The fourth-order valence-electron chi connectivity index (χ4n) is 1.99. The van der Waals surface area contributed by atoms with E-state index in [4.69, 9.17) is 4.74 Å². The van der Waals surface area contributed by atoms with Gasteiger partial charge in [0.2, 0.25) is 0 Å². The Balaban J connectivity index is 1.66. The Morgan fingerprint density at radius 1 is 1.50 bits per heavy atom. The van der Waals surface area contributed by atoms with Crippen LogP contribution in [0.5, 0.6) is 0 Å². The van der Waals surface area contributed by atoms with Gasteiger partial charge in [-0.15, -0.1) is 5.10 Å². The molecule has 0 aromatic carbocycles. The van der Waals surface area contributed by atoms with E-state index in [1.54, 1.807) is 16.3 Å². The molecule has 0 radical (unpaired) electrons. The lowest BCUT2D eigenvalue weighted by Crippen LogP contribution is -2.16. The fourth-order valence-corrected chi connectivity index (χ4v) is 3.07. The van der Waals surface area contributed by atoms with Crippen LogP contribution < -0.4 is 5.69 Å². The molecule has 3 rings (SSSR count). The summed E-state index contributed by atoms with van der Waals surface area (Å²) in [4.78, 5) is 11.5. The zero-order valence-corrected chi connectivity index (χ0v) is 9.83. The predicted octanol–water partition coefficient (Wildman–Crippen LogP) is 1.18. The van der Waals surface area contributed by atoms with E-state index >= 15 is 0 Å². The second-order valence-electron chi connectivity index (χ2n) is 4.36. The molecule has 1 aromatic rings. The van der Waals surface area contributed by atoms with Crippen LogP contribution in [-0.2, 0) is 4.74 Å². The van der Waals surface area contributed by atoms with Crippen molar-refractivity contribution in [3.05, 3.63) is 10.5 Å². The van der Waals surface area contributed by atoms with Crippen molar-refractivity contribution in [2.75, 3.05) is 12.4 Å². The maximum atomic E-state index is 11.5. The quantitative estimate of drug-likeness (QED) is 0.804. The van der Waals surface area contributed by atoms with Crippen LogP contribution in [-0.4, -0.2) is 33.2 Å². The fraction of sp³-hybridized carbons (Fsp3) is 0.800. The number of aromatic amines is 1. The summed E-state index contributed by atoms with van der Waals surface area (Å²) in [5.74, 6) is 0.900. The number of thioether (sulfide) groups is 1. The highest BCUT2D eigenvalue weighted by Gasteiger charge is 2.29. The van der Waals surface area contributed by atoms with Crippen LogP contribution in [0.15, 0.2) is 9.95 Å². The zero-order valence-electron chi connectivity index (χ0n) is 9.02. The lowest BCUT2D eigenvalue weighted by atomic mass is 10.3. The third kappa shape index (κ3) is 2.04. The van der Waals surface area contributed by atoms with Crippen LogP contribution in [0.1, 0.15) is 31.7 Å². The topological polar surface area (TPSA) is 59.9 Å². The first-order chi connectivity index (χ1) is 7.84. The molecule has 1 saturated heterocycles. The minimum atomic E-state index is -0.0719. The van der Waals surface area contributed by atoms with Crippen LogP contribution in [0.4, 0.5) is 0 Å². The molecule has 2 heterocycles. The van der Waals surface area contributed by atoms with E-state index in [0.717, 1.165) is 43.2 Å². The van der Waals surface area contributed by atoms with Gasteiger partial charge in [0.25, 0.3) is 0 Å². The van der Waals surface area contributed by atoms with Gasteiger partial charge in [0.1, 0.15) is 0 Å². The summed E-state index contributed by atoms with van der Waals surface area (Å²) >= 11 is 1.63. The van der Waals surface area contributed by atoms with Gasteiger partial charge in [-0.05, 0) is 25.7 Å². The summed E-state index contributed by atoms with van der Waals surface area (Å²) in [6, 6.07) is 0.387. The molecule has 1 unspecified atom stereocenters. The minimum Gasteiger partial charge on any atom is -0.377 e. The predicted molar refractivity (Wildman–Crippen MR) is 60.8 cm³/mol. The Bertz CT molecular complexity index is 418. The standard InChI is InChI=1S/C10H15N3O2S/c14-9-11-12-10(13(9)7-3-4-7)16-6-8-2-1-5-15-8/h7-8H,1-6H2,(H,11,14). The van der Waals surface area contributed by atoms with Crippen molar-refractivity contribution < 1.29 is 4.74 Å². The molecule has 6 heteroatoms. The molecule has 2 aliphatic rings. The van der Waals surface area contributed by atoms with Crippen molar-refractivity contribution in [3.63, 3.8) is 0 Å². The van der Waals surface area contributed by atoms with Gasteiger partial charge in [-0.25, -0.2) is 9.89 Å². The van der Waals surface area contributed by atoms with Crippen LogP contribution in [0.3, 0.4) is 0 Å². The SMILES string of the molecule is O=c1[nH]nc(SCC2CCCO2)n1C1CC1. The number of nitrogens with one attached hydrogen (secondary N) is 1. The average Bonchev–Trinajstić information content (AvgIpc) is 2.85. The Hall–Kier alpha value is -0.750. The van der Waals surface area contributed by atoms with Crippen molar-refractivity contribution >= 4 is 11.8 Å². The summed E-state index contributed by atoms with van der Waals surface area (Å²) in [6.07, 6.45) is 4.83. The molecule has 0 spiro atoms. The third-order valence-electron chi connectivity index (χ3n) is 3.01. The number of hydrogen-bond acceptors (Lipinski definition) is 4. The molecule has 2 fully saturated rings. The van der Waals surface area contributed by atoms with Crippen LogP contribution in [0.25, 0.3) is 0 Å². The van der Waals surface area contributed by atoms with E-state index in [1.165, 1.54) is 0 Å². The van der Waals surface area contributed by atoms with Crippen molar-refractivity contribution in [3.8, 4) is 0 Å². The van der Waals surface area contributed by atoms with Crippen LogP contribution in [0, 0.1) is 0 Å². The van der Waals surface area contributed by atoms with Crippen LogP contribution >= 0.6 is 11.8 Å². The molecule has 1 atom stereocenters. The molecule has 0 bridgehead atoms. The van der Waals surface area contributed by atoms with E-state index in [-0.39, 0.29) is 5.69 Å². The summed E-state index contributed by atoms with van der Waals surface area (Å²) in [5, 5.41) is 7.42. The van der Waals surface area contributed by atoms with Crippen molar-refractivity contribution in [1.82, 2.24) is 14.8 Å². The number of ether oxygens (including phenoxy) is 1. The lowest BCUT2D eigenvalue weighted by molar-refractivity contribution is 0.129. The van der Waals surface area contributed by atoms with Gasteiger partial charge >= 0.3 is 5.69 Å². The minimum absolute atomic E-state index is 0.0719. The molecule has 5 nitrogen and oxygen atoms in total. The Morgan fingerprint density at radius 3 is 3.06 bits per heavy atom. The number of rotatable bonds is 4. The molecule has 0 amide bonds. The first kappa shape index (κ1) is 10.4. The highest BCUT2D eigenvalue weighted by molar-refractivity contribution is 7.99. The monoisotopic (exact) mass is 241 g/mol. The first-order valence-corrected chi connectivity index (χ1v) is 6.74.